The minimum Gasteiger partial charge on any atom is -0.378 e. The fourth-order valence-corrected chi connectivity index (χ4v) is 2.41. The summed E-state index contributed by atoms with van der Waals surface area (Å²) in [6, 6.07) is 0. The molecule has 0 spiro atoms. The van der Waals surface area contributed by atoms with Crippen molar-refractivity contribution in [2.45, 2.75) is 57.5 Å². The Bertz CT molecular complexity index is 266. The summed E-state index contributed by atoms with van der Waals surface area (Å²) in [5, 5.41) is 10.2. The van der Waals surface area contributed by atoms with E-state index in [1.54, 1.807) is 0 Å². The molecule has 0 aromatic heterocycles. The number of nitrogens with zero attached hydrogens (tertiary/aromatic N) is 1. The summed E-state index contributed by atoms with van der Waals surface area (Å²) in [5.74, 6) is 6.86. The lowest BCUT2D eigenvalue weighted by Crippen LogP contribution is -2.24. The summed E-state index contributed by atoms with van der Waals surface area (Å²) < 4.78 is 0. The summed E-state index contributed by atoms with van der Waals surface area (Å²) in [4.78, 5) is 2.02. The molecule has 1 rings (SSSR count). The van der Waals surface area contributed by atoms with E-state index in [-0.39, 0.29) is 0 Å². The Morgan fingerprint density at radius 1 is 1.24 bits per heavy atom. The van der Waals surface area contributed by atoms with Crippen molar-refractivity contribution in [1.29, 1.82) is 0 Å². The van der Waals surface area contributed by atoms with Gasteiger partial charge in [-0.3, -0.25) is 4.90 Å². The minimum atomic E-state index is -0.798. The molecule has 98 valence electrons. The van der Waals surface area contributed by atoms with E-state index in [0.29, 0.717) is 0 Å². The highest BCUT2D eigenvalue weighted by Gasteiger charge is 2.20. The van der Waals surface area contributed by atoms with E-state index in [1.165, 1.54) is 32.1 Å². The maximum atomic E-state index is 10.2. The van der Waals surface area contributed by atoms with Crippen LogP contribution in [0.15, 0.2) is 0 Å². The van der Waals surface area contributed by atoms with Crippen molar-refractivity contribution in [2.75, 3.05) is 20.6 Å². The molecule has 17 heavy (non-hydrogen) atoms. The second-order valence-corrected chi connectivity index (χ2v) is 5.86. The van der Waals surface area contributed by atoms with Gasteiger partial charge in [-0.1, -0.05) is 43.9 Å². The maximum absolute atomic E-state index is 10.2. The van der Waals surface area contributed by atoms with Crippen LogP contribution in [0.3, 0.4) is 0 Å². The zero-order valence-electron chi connectivity index (χ0n) is 11.6. The van der Waals surface area contributed by atoms with Crippen LogP contribution in [-0.4, -0.2) is 36.2 Å². The molecule has 1 aliphatic carbocycles. The first-order valence-electron chi connectivity index (χ1n) is 6.87. The summed E-state index contributed by atoms with van der Waals surface area (Å²) in [6.07, 6.45) is 8.79. The number of hydrogen-bond acceptors (Lipinski definition) is 2. The highest BCUT2D eigenvalue weighted by Crippen LogP contribution is 2.29. The molecule has 1 saturated carbocycles. The molecule has 0 amide bonds. The lowest BCUT2D eigenvalue weighted by Gasteiger charge is -2.24. The van der Waals surface area contributed by atoms with Gasteiger partial charge in [0.1, 0.15) is 5.60 Å². The van der Waals surface area contributed by atoms with Crippen molar-refractivity contribution < 1.29 is 5.11 Å². The predicted molar refractivity (Wildman–Crippen MR) is 72.8 cm³/mol. The number of hydrogen-bond donors (Lipinski definition) is 1. The monoisotopic (exact) mass is 237 g/mol. The zero-order valence-corrected chi connectivity index (χ0v) is 11.6. The van der Waals surface area contributed by atoms with Gasteiger partial charge in [-0.15, -0.1) is 0 Å². The third-order valence-electron chi connectivity index (χ3n) is 3.52. The fourth-order valence-electron chi connectivity index (χ4n) is 2.41. The van der Waals surface area contributed by atoms with Crippen LogP contribution >= 0.6 is 0 Å². The molecule has 0 aliphatic heterocycles. The van der Waals surface area contributed by atoms with Crippen LogP contribution < -0.4 is 0 Å². The molecule has 0 unspecified atom stereocenters. The van der Waals surface area contributed by atoms with Crippen molar-refractivity contribution in [3.8, 4) is 11.8 Å². The highest BCUT2D eigenvalue weighted by molar-refractivity contribution is 5.12. The lowest BCUT2D eigenvalue weighted by molar-refractivity contribution is 0.0999. The summed E-state index contributed by atoms with van der Waals surface area (Å²) >= 11 is 0. The topological polar surface area (TPSA) is 23.5 Å². The van der Waals surface area contributed by atoms with Gasteiger partial charge in [-0.05, 0) is 39.8 Å². The first-order valence-corrected chi connectivity index (χ1v) is 6.87. The third-order valence-corrected chi connectivity index (χ3v) is 3.52. The van der Waals surface area contributed by atoms with Crippen molar-refractivity contribution in [3.63, 3.8) is 0 Å². The molecule has 0 aromatic carbocycles. The summed E-state index contributed by atoms with van der Waals surface area (Å²) in [5.41, 5.74) is -0.798. The van der Waals surface area contributed by atoms with Gasteiger partial charge in [0, 0.05) is 0 Å². The van der Waals surface area contributed by atoms with Crippen LogP contribution in [0, 0.1) is 17.8 Å². The Hall–Kier alpha value is -0.520. The molecule has 1 fully saturated rings. The van der Waals surface area contributed by atoms with E-state index < -0.39 is 5.60 Å². The van der Waals surface area contributed by atoms with Crippen molar-refractivity contribution in [2.24, 2.45) is 5.92 Å². The van der Waals surface area contributed by atoms with Crippen LogP contribution in [-0.2, 0) is 0 Å². The molecule has 0 radical (unpaired) electrons. The van der Waals surface area contributed by atoms with Gasteiger partial charge in [-0.25, -0.2) is 0 Å². The molecule has 2 heteroatoms. The Morgan fingerprint density at radius 3 is 2.47 bits per heavy atom. The minimum absolute atomic E-state index is 0.722. The van der Waals surface area contributed by atoms with Gasteiger partial charge < -0.3 is 5.11 Å². The van der Waals surface area contributed by atoms with Crippen LogP contribution in [0.5, 0.6) is 0 Å². The van der Waals surface area contributed by atoms with E-state index in [4.69, 9.17) is 0 Å². The Labute approximate surface area is 106 Å². The molecular formula is C15H27NO. The molecule has 0 saturated heterocycles. The van der Waals surface area contributed by atoms with E-state index in [9.17, 15) is 5.11 Å². The molecule has 1 N–H and O–H groups in total. The Balaban J connectivity index is 2.29. The predicted octanol–water partition coefficient (Wildman–Crippen LogP) is 2.66. The van der Waals surface area contributed by atoms with Gasteiger partial charge in [-0.2, -0.15) is 0 Å². The first kappa shape index (κ1) is 14.5. The third kappa shape index (κ3) is 6.71. The van der Waals surface area contributed by atoms with Crippen molar-refractivity contribution >= 4 is 0 Å². The van der Waals surface area contributed by atoms with Gasteiger partial charge in [0.25, 0.3) is 0 Å². The quantitative estimate of drug-likeness (QED) is 0.760. The Kier molecular flexibility index (Phi) is 6.02. The molecule has 1 aliphatic rings. The number of aliphatic hydroxyl groups is 1. The maximum Gasteiger partial charge on any atom is 0.122 e. The average Bonchev–Trinajstić information content (AvgIpc) is 2.27. The van der Waals surface area contributed by atoms with Crippen LogP contribution in [0.25, 0.3) is 0 Å². The molecule has 0 heterocycles. The van der Waals surface area contributed by atoms with E-state index >= 15 is 0 Å². The number of rotatable bonds is 4. The van der Waals surface area contributed by atoms with Crippen LogP contribution in [0.1, 0.15) is 51.9 Å². The fraction of sp³-hybridized carbons (Fsp3) is 0.867. The van der Waals surface area contributed by atoms with Gasteiger partial charge in [0.05, 0.1) is 6.54 Å². The SMILES string of the molecule is CN(C)CC#C[C@@](C)(O)CCC1CCCCC1. The smallest absolute Gasteiger partial charge is 0.122 e. The van der Waals surface area contributed by atoms with Crippen molar-refractivity contribution in [1.82, 2.24) is 4.90 Å². The largest absolute Gasteiger partial charge is 0.378 e. The van der Waals surface area contributed by atoms with Gasteiger partial charge in [0.15, 0.2) is 0 Å². The highest BCUT2D eigenvalue weighted by atomic mass is 16.3. The summed E-state index contributed by atoms with van der Waals surface area (Å²) in [7, 11) is 3.98. The molecule has 0 bridgehead atoms. The van der Waals surface area contributed by atoms with Crippen LogP contribution in [0.4, 0.5) is 0 Å². The standard InChI is InChI=1S/C15H27NO/c1-15(17,11-7-13-16(2)3)12-10-14-8-5-4-6-9-14/h14,17H,4-6,8-10,12-13H2,1-3H3/t15-/m1/s1. The van der Waals surface area contributed by atoms with Gasteiger partial charge >= 0.3 is 0 Å². The Morgan fingerprint density at radius 2 is 1.88 bits per heavy atom. The zero-order chi connectivity index (χ0) is 12.7. The lowest BCUT2D eigenvalue weighted by atomic mass is 9.83. The average molecular weight is 237 g/mol. The molecule has 2 nitrogen and oxygen atoms in total. The summed E-state index contributed by atoms with van der Waals surface area (Å²) in [6.45, 7) is 2.57. The van der Waals surface area contributed by atoms with Crippen molar-refractivity contribution in [3.05, 3.63) is 0 Å². The second kappa shape index (κ2) is 7.03. The van der Waals surface area contributed by atoms with E-state index in [0.717, 1.165) is 25.3 Å². The first-order chi connectivity index (χ1) is 7.99. The molecule has 1 atom stereocenters. The normalized spacial score (nSPS) is 20.8. The second-order valence-electron chi connectivity index (χ2n) is 5.86. The molecule has 0 aromatic rings. The molecular weight excluding hydrogens is 210 g/mol. The van der Waals surface area contributed by atoms with Gasteiger partial charge in [0.2, 0.25) is 0 Å². The van der Waals surface area contributed by atoms with Crippen LogP contribution in [0.2, 0.25) is 0 Å². The van der Waals surface area contributed by atoms with E-state index in [2.05, 4.69) is 11.8 Å². The van der Waals surface area contributed by atoms with E-state index in [1.807, 2.05) is 25.9 Å².